The molecule has 9 rings (SSSR count). The van der Waals surface area contributed by atoms with Crippen LogP contribution in [0.1, 0.15) is 180 Å². The minimum atomic E-state index is -3.46. The molecule has 3 aliphatic heterocycles. The van der Waals surface area contributed by atoms with Crippen LogP contribution in [0.15, 0.2) is 129 Å². The molecule has 0 saturated heterocycles. The van der Waals surface area contributed by atoms with Crippen molar-refractivity contribution in [2.75, 3.05) is 0 Å². The summed E-state index contributed by atoms with van der Waals surface area (Å²) in [4.78, 5) is 1.69. The molecule has 0 amide bonds. The summed E-state index contributed by atoms with van der Waals surface area (Å²) in [6.45, 7) is 39.1. The largest absolute Gasteiger partial charge is 0.527 e. The van der Waals surface area contributed by atoms with Crippen molar-refractivity contribution in [2.45, 2.75) is 177 Å². The molecular formula is C62H74O5S2Y14-2. The van der Waals surface area contributed by atoms with Crippen molar-refractivity contribution in [1.29, 1.82) is 0 Å². The topological polar surface area (TPSA) is 77.5 Å². The number of hydrogen-bond acceptors (Lipinski definition) is 5. The molecule has 0 N–H and O–H groups in total. The van der Waals surface area contributed by atoms with Crippen molar-refractivity contribution in [3.63, 3.8) is 0 Å². The Hall–Kier alpha value is 10.2. The average Bonchev–Trinajstić information content (AvgIpc) is 3.45. The first kappa shape index (κ1) is 109. The third-order valence-electron chi connectivity index (χ3n) is 13.5. The maximum atomic E-state index is 13.0. The molecule has 0 fully saturated rings. The van der Waals surface area contributed by atoms with Gasteiger partial charge in [0.25, 0.3) is 0 Å². The Morgan fingerprint density at radius 2 is 0.458 bits per heavy atom. The van der Waals surface area contributed by atoms with Crippen molar-refractivity contribution >= 4 is 19.7 Å². The van der Waals surface area contributed by atoms with Crippen molar-refractivity contribution in [3.8, 4) is 22.6 Å². The van der Waals surface area contributed by atoms with Gasteiger partial charge in [0.2, 0.25) is 9.84 Å². The van der Waals surface area contributed by atoms with Crippen LogP contribution in [0.3, 0.4) is 0 Å². The predicted molar refractivity (Wildman–Crippen MR) is 286 cm³/mol. The van der Waals surface area contributed by atoms with Crippen LogP contribution in [-0.4, -0.2) is 16.8 Å². The maximum Gasteiger partial charge on any atom is 0.207 e. The van der Waals surface area contributed by atoms with Gasteiger partial charge in [-0.1, -0.05) is 219 Å². The molecule has 6 aromatic carbocycles. The third kappa shape index (κ3) is 27.8. The number of hydrogen-bond donors (Lipinski definition) is 0. The fraction of sp³-hybridized carbons (Fsp3) is 0.387. The minimum Gasteiger partial charge on any atom is -0.527 e. The van der Waals surface area contributed by atoms with E-state index in [2.05, 4.69) is 167 Å². The molecule has 0 spiro atoms. The molecule has 408 valence electrons. The summed E-state index contributed by atoms with van der Waals surface area (Å²) in [6.07, 6.45) is 4.26. The average molecular weight is 2210 g/mol. The second kappa shape index (κ2) is 43.2. The van der Waals surface area contributed by atoms with Gasteiger partial charge in [-0.05, 0) is 67.9 Å². The van der Waals surface area contributed by atoms with Gasteiger partial charge in [-0.2, -0.15) is 0 Å². The van der Waals surface area contributed by atoms with E-state index in [0.29, 0.717) is 19.6 Å². The fourth-order valence-electron chi connectivity index (χ4n) is 8.76. The van der Waals surface area contributed by atoms with Crippen LogP contribution in [0.5, 0.6) is 11.5 Å². The molecule has 3 heterocycles. The van der Waals surface area contributed by atoms with Gasteiger partial charge in [0.1, 0.15) is 0 Å². The molecule has 0 aromatic heterocycles. The van der Waals surface area contributed by atoms with Crippen molar-refractivity contribution in [1.82, 2.24) is 0 Å². The number of sulfone groups is 2. The number of benzene rings is 6. The second-order valence-electron chi connectivity index (χ2n) is 25.3. The Bertz CT molecular complexity index is 3050. The van der Waals surface area contributed by atoms with Gasteiger partial charge >= 0.3 is 0 Å². The monoisotopic (exact) mass is 2210 g/mol. The van der Waals surface area contributed by atoms with Crippen LogP contribution in [0.4, 0.5) is 0 Å². The van der Waals surface area contributed by atoms with Crippen LogP contribution in [0, 0.1) is 12.8 Å². The maximum absolute atomic E-state index is 13.0. The van der Waals surface area contributed by atoms with Crippen LogP contribution in [0.2, 0.25) is 0 Å². The molecule has 5 nitrogen and oxygen atoms in total. The van der Waals surface area contributed by atoms with Crippen LogP contribution in [0.25, 0.3) is 11.1 Å². The standard InChI is InChI=1S/C21H25O2S.C21H25O.C20H24O2S.14Y/c1-20(2,3)16-7-9-18-14(12-16)11-15-13-17(21(4,5)6)8-10-19(15)24(18,22)23;1-20(2,3)16-7-9-18-14(12-16)11-15-13-17(21(4,5)6)8-10-19(15)22-18;1-19(2,3)13-7-9-17-15(11-13)16-12-14(20(4,5)6)8-10-18(16)23(17,21)22;;;;;;;;;;;;;;/h7-13H,1-6H3;7-13H,1-6H3;7-12H,1-6H3;;;;;;;;;;;;;;/q2*-1;;;;;;;;;;;;;;;. The fourth-order valence-corrected chi connectivity index (χ4v) is 12.0. The molecule has 14 radical (unpaired) electrons. The summed E-state index contributed by atoms with van der Waals surface area (Å²) in [5.41, 5.74) is 13.1. The van der Waals surface area contributed by atoms with E-state index in [1.54, 1.807) is 24.3 Å². The summed E-state index contributed by atoms with van der Waals surface area (Å²) in [7, 11) is -6.85. The Morgan fingerprint density at radius 3 is 0.711 bits per heavy atom. The Labute approximate surface area is 855 Å². The second-order valence-corrected chi connectivity index (χ2v) is 29.1. The quantitative estimate of drug-likeness (QED) is 0.141. The summed E-state index contributed by atoms with van der Waals surface area (Å²) in [5, 5.41) is 0. The predicted octanol–water partition coefficient (Wildman–Crippen LogP) is 16.1. The van der Waals surface area contributed by atoms with E-state index < -0.39 is 19.7 Å². The van der Waals surface area contributed by atoms with Crippen molar-refractivity contribution in [3.05, 3.63) is 178 Å². The van der Waals surface area contributed by atoms with E-state index in [4.69, 9.17) is 4.74 Å². The first-order valence-corrected chi connectivity index (χ1v) is 27.2. The molecule has 0 aliphatic carbocycles. The molecule has 21 heteroatoms. The van der Waals surface area contributed by atoms with Crippen LogP contribution < -0.4 is 4.74 Å². The van der Waals surface area contributed by atoms with E-state index in [0.717, 1.165) is 56.0 Å². The van der Waals surface area contributed by atoms with Gasteiger partial charge in [0.15, 0.2) is 9.84 Å². The third-order valence-corrected chi connectivity index (χ3v) is 17.3. The van der Waals surface area contributed by atoms with Gasteiger partial charge in [0.05, 0.1) is 21.3 Å². The summed E-state index contributed by atoms with van der Waals surface area (Å²) in [6, 6.07) is 35.9. The molecular weight excluding hydrogens is 2130 g/mol. The van der Waals surface area contributed by atoms with E-state index in [1.807, 2.05) is 55.0 Å². The molecule has 6 aromatic rings. The van der Waals surface area contributed by atoms with E-state index in [1.165, 1.54) is 22.3 Å². The summed E-state index contributed by atoms with van der Waals surface area (Å²) in [5.74, 6) is 1.90. The number of rotatable bonds is 0. The van der Waals surface area contributed by atoms with Gasteiger partial charge in [0, 0.05) is 479 Å². The SMILES string of the molecule is CC(C)(C)c1ccc2c(c1)-c1cc(C(C)(C)C)ccc1S2(=O)=O.CC(C)(C)c1ccc2c(c1)[CH-]c1cc(C(C)(C)C)ccc1O2.CC(C)(C)c1ccc2c(c1)[CH-]c1cc(C(C)(C)C)ccc1S2(=O)=O.[Y].[Y].[Y].[Y].[Y].[Y].[Y].[Y].[Y].[Y].[Y].[Y].[Y].[Y]. The molecule has 0 atom stereocenters. The minimum absolute atomic E-state index is 0. The molecule has 83 heavy (non-hydrogen) atoms. The zero-order chi connectivity index (χ0) is 51.2. The first-order chi connectivity index (χ1) is 31.5. The Balaban J connectivity index is -0.000000156. The van der Waals surface area contributed by atoms with Gasteiger partial charge < -0.3 is 4.74 Å². The van der Waals surface area contributed by atoms with Crippen LogP contribution >= 0.6 is 0 Å². The van der Waals surface area contributed by atoms with E-state index in [9.17, 15) is 16.8 Å². The molecule has 0 saturated carbocycles. The number of ether oxygens (including phenoxy) is 1. The normalized spacial score (nSPS) is 12.7. The van der Waals surface area contributed by atoms with Gasteiger partial charge in [-0.25, -0.2) is 16.8 Å². The molecule has 0 bridgehead atoms. The Morgan fingerprint density at radius 1 is 0.265 bits per heavy atom. The van der Waals surface area contributed by atoms with Crippen LogP contribution in [-0.2, 0) is 510 Å². The zero-order valence-corrected chi connectivity index (χ0v) is 93.9. The Kier molecular flexibility index (Phi) is 56.9. The molecule has 0 unspecified atom stereocenters. The molecule has 3 aliphatic rings. The summed E-state index contributed by atoms with van der Waals surface area (Å²) >= 11 is 0. The van der Waals surface area contributed by atoms with Gasteiger partial charge in [-0.3, -0.25) is 0 Å². The van der Waals surface area contributed by atoms with Crippen molar-refractivity contribution in [2.24, 2.45) is 0 Å². The summed E-state index contributed by atoms with van der Waals surface area (Å²) < 4.78 is 57.7. The first-order valence-electron chi connectivity index (χ1n) is 24.2. The van der Waals surface area contributed by atoms with Gasteiger partial charge in [-0.15, -0.1) is 48.2 Å². The van der Waals surface area contributed by atoms with E-state index in [-0.39, 0.29) is 490 Å². The number of fused-ring (bicyclic) bond motifs is 7. The zero-order valence-electron chi connectivity index (χ0n) is 52.5. The van der Waals surface area contributed by atoms with E-state index >= 15 is 0 Å². The smallest absolute Gasteiger partial charge is 0.207 e. The van der Waals surface area contributed by atoms with Crippen molar-refractivity contribution < 1.29 is 480 Å².